The van der Waals surface area contributed by atoms with Crippen LogP contribution in [0.2, 0.25) is 0 Å². The lowest BCUT2D eigenvalue weighted by molar-refractivity contribution is 0.262. The molecule has 4 aromatic carbocycles. The lowest BCUT2D eigenvalue weighted by Crippen LogP contribution is -2.20. The summed E-state index contributed by atoms with van der Waals surface area (Å²) in [5.74, 6) is -0.0661. The number of rotatable bonds is 12. The Bertz CT molecular complexity index is 1740. The summed E-state index contributed by atoms with van der Waals surface area (Å²) in [6, 6.07) is 24.2. The third-order valence-corrected chi connectivity index (χ3v) is 8.64. The van der Waals surface area contributed by atoms with Gasteiger partial charge in [-0.3, -0.25) is 0 Å². The number of carbonyl (C=O) groups is 1. The number of para-hydroxylation sites is 2. The van der Waals surface area contributed by atoms with E-state index in [1.165, 1.54) is 54.6 Å². The molecule has 0 aliphatic carbocycles. The maximum atomic E-state index is 12.9. The molecule has 2 amide bonds. The highest BCUT2D eigenvalue weighted by atomic mass is 32.2. The van der Waals surface area contributed by atoms with E-state index < -0.39 is 26.3 Å². The maximum Gasteiger partial charge on any atom is 0.339 e. The van der Waals surface area contributed by atoms with Crippen molar-refractivity contribution in [1.82, 2.24) is 0 Å². The van der Waals surface area contributed by atoms with Crippen molar-refractivity contribution >= 4 is 37.6 Å². The van der Waals surface area contributed by atoms with Gasteiger partial charge in [0.25, 0.3) is 0 Å². The lowest BCUT2D eigenvalue weighted by Gasteiger charge is -2.14. The van der Waals surface area contributed by atoms with Crippen LogP contribution in [0.25, 0.3) is 0 Å². The molecular formula is C31H32N2O7S2. The van der Waals surface area contributed by atoms with Gasteiger partial charge in [0.2, 0.25) is 0 Å². The van der Waals surface area contributed by atoms with Crippen molar-refractivity contribution in [3.05, 3.63) is 108 Å². The fourth-order valence-corrected chi connectivity index (χ4v) is 5.99. The first-order valence-corrected chi connectivity index (χ1v) is 16.2. The largest absolute Gasteiger partial charge is 0.379 e. The number of anilines is 2. The molecule has 0 saturated carbocycles. The van der Waals surface area contributed by atoms with Crippen molar-refractivity contribution in [3.8, 4) is 11.5 Å². The highest BCUT2D eigenvalue weighted by molar-refractivity contribution is 7.87. The fraction of sp³-hybridized carbons (Fsp3) is 0.194. The van der Waals surface area contributed by atoms with E-state index in [-0.39, 0.29) is 32.7 Å². The van der Waals surface area contributed by atoms with Gasteiger partial charge in [-0.25, -0.2) is 4.79 Å². The van der Waals surface area contributed by atoms with Gasteiger partial charge in [-0.05, 0) is 72.5 Å². The molecule has 0 radical (unpaired) electrons. The molecule has 0 fully saturated rings. The Balaban J connectivity index is 1.43. The summed E-state index contributed by atoms with van der Waals surface area (Å²) < 4.78 is 61.9. The van der Waals surface area contributed by atoms with Gasteiger partial charge < -0.3 is 19.0 Å². The Morgan fingerprint density at radius 3 is 1.76 bits per heavy atom. The van der Waals surface area contributed by atoms with Gasteiger partial charge in [-0.2, -0.15) is 16.8 Å². The molecule has 0 spiro atoms. The molecule has 42 heavy (non-hydrogen) atoms. The normalized spacial score (nSPS) is 11.5. The number of carbonyl (C=O) groups excluding carboxylic acids is 1. The van der Waals surface area contributed by atoms with E-state index >= 15 is 0 Å². The van der Waals surface area contributed by atoms with Crippen molar-refractivity contribution in [3.63, 3.8) is 0 Å². The second kappa shape index (κ2) is 13.5. The number of urea groups is 1. The Labute approximate surface area is 246 Å². The van der Waals surface area contributed by atoms with Crippen LogP contribution in [-0.2, 0) is 33.1 Å². The van der Waals surface area contributed by atoms with E-state index in [0.717, 1.165) is 36.8 Å². The van der Waals surface area contributed by atoms with Gasteiger partial charge in [0.1, 0.15) is 15.5 Å². The van der Waals surface area contributed by atoms with E-state index in [1.807, 2.05) is 13.8 Å². The SMILES string of the molecule is CCCc1ccc(S(=O)(=O)Oc2cccc(NC(=O)Nc3ccccc3OS(=O)(=O)c3ccc(CCC)cc3)c2)cc1. The number of aryl methyl sites for hydroxylation is 2. The summed E-state index contributed by atoms with van der Waals surface area (Å²) in [5, 5.41) is 5.16. The van der Waals surface area contributed by atoms with E-state index in [0.29, 0.717) is 0 Å². The molecule has 4 rings (SSSR count). The average molecular weight is 609 g/mol. The zero-order chi connectivity index (χ0) is 30.2. The molecule has 0 aliphatic heterocycles. The number of amides is 2. The molecule has 0 unspecified atom stereocenters. The third kappa shape index (κ3) is 8.11. The summed E-state index contributed by atoms with van der Waals surface area (Å²) in [7, 11) is -8.25. The van der Waals surface area contributed by atoms with E-state index in [9.17, 15) is 21.6 Å². The van der Waals surface area contributed by atoms with Crippen molar-refractivity contribution < 1.29 is 30.0 Å². The molecule has 0 heterocycles. The zero-order valence-electron chi connectivity index (χ0n) is 23.2. The van der Waals surface area contributed by atoms with Crippen LogP contribution >= 0.6 is 0 Å². The van der Waals surface area contributed by atoms with Gasteiger partial charge >= 0.3 is 26.3 Å². The molecule has 11 heteroatoms. The predicted octanol–water partition coefficient (Wildman–Crippen LogP) is 6.77. The zero-order valence-corrected chi connectivity index (χ0v) is 24.9. The van der Waals surface area contributed by atoms with Crippen LogP contribution in [-0.4, -0.2) is 22.9 Å². The summed E-state index contributed by atoms with van der Waals surface area (Å²) in [5.41, 5.74) is 2.40. The second-order valence-corrected chi connectivity index (χ2v) is 12.6. The fourth-order valence-electron chi connectivity index (χ4n) is 4.12. The minimum Gasteiger partial charge on any atom is -0.379 e. The van der Waals surface area contributed by atoms with Crippen LogP contribution < -0.4 is 19.0 Å². The van der Waals surface area contributed by atoms with Crippen molar-refractivity contribution in [2.75, 3.05) is 10.6 Å². The average Bonchev–Trinajstić information content (AvgIpc) is 2.95. The maximum absolute atomic E-state index is 12.9. The van der Waals surface area contributed by atoms with E-state index in [1.54, 1.807) is 42.5 Å². The second-order valence-electron chi connectivity index (χ2n) is 9.47. The van der Waals surface area contributed by atoms with Crippen LogP contribution in [0.5, 0.6) is 11.5 Å². The Hall–Kier alpha value is -4.35. The van der Waals surface area contributed by atoms with Gasteiger partial charge in [0.15, 0.2) is 5.75 Å². The molecule has 0 bridgehead atoms. The van der Waals surface area contributed by atoms with Crippen LogP contribution in [0.15, 0.2) is 107 Å². The molecule has 9 nitrogen and oxygen atoms in total. The number of hydrogen-bond acceptors (Lipinski definition) is 7. The molecule has 0 saturated heterocycles. The summed E-state index contributed by atoms with van der Waals surface area (Å²) in [6.07, 6.45) is 3.56. The molecule has 220 valence electrons. The van der Waals surface area contributed by atoms with Gasteiger partial charge in [0, 0.05) is 11.8 Å². The Morgan fingerprint density at radius 1 is 0.643 bits per heavy atom. The molecular weight excluding hydrogens is 576 g/mol. The molecule has 0 atom stereocenters. The number of benzene rings is 4. The first-order chi connectivity index (χ1) is 20.1. The Kier molecular flexibility index (Phi) is 9.87. The van der Waals surface area contributed by atoms with Gasteiger partial charge in [-0.1, -0.05) is 69.2 Å². The van der Waals surface area contributed by atoms with Crippen molar-refractivity contribution in [2.45, 2.75) is 49.3 Å². The highest BCUT2D eigenvalue weighted by Crippen LogP contribution is 2.28. The summed E-state index contributed by atoms with van der Waals surface area (Å²) in [4.78, 5) is 12.8. The predicted molar refractivity (Wildman–Crippen MR) is 162 cm³/mol. The van der Waals surface area contributed by atoms with E-state index in [4.69, 9.17) is 8.37 Å². The topological polar surface area (TPSA) is 128 Å². The first-order valence-electron chi connectivity index (χ1n) is 13.4. The van der Waals surface area contributed by atoms with Crippen LogP contribution in [0, 0.1) is 0 Å². The van der Waals surface area contributed by atoms with Crippen molar-refractivity contribution in [1.29, 1.82) is 0 Å². The van der Waals surface area contributed by atoms with Crippen LogP contribution in [0.4, 0.5) is 16.2 Å². The smallest absolute Gasteiger partial charge is 0.339 e. The summed E-state index contributed by atoms with van der Waals surface area (Å²) >= 11 is 0. The summed E-state index contributed by atoms with van der Waals surface area (Å²) in [6.45, 7) is 4.08. The van der Waals surface area contributed by atoms with Crippen molar-refractivity contribution in [2.24, 2.45) is 0 Å². The van der Waals surface area contributed by atoms with Gasteiger partial charge in [-0.15, -0.1) is 0 Å². The molecule has 0 aromatic heterocycles. The highest BCUT2D eigenvalue weighted by Gasteiger charge is 2.20. The molecule has 4 aromatic rings. The lowest BCUT2D eigenvalue weighted by atomic mass is 10.1. The number of nitrogens with one attached hydrogen (secondary N) is 2. The molecule has 2 N–H and O–H groups in total. The first kappa shape index (κ1) is 30.6. The third-order valence-electron chi connectivity index (χ3n) is 6.13. The standard InChI is InChI=1S/C31H32N2O7S2/c1-3-8-23-14-18-27(19-15-23)41(35,36)39-26-11-7-10-25(22-26)32-31(34)33-29-12-5-6-13-30(29)40-42(37,38)28-20-16-24(9-4-2)17-21-28/h5-7,10-22H,3-4,8-9H2,1-2H3,(H2,32,33,34). The van der Waals surface area contributed by atoms with Gasteiger partial charge in [0.05, 0.1) is 5.69 Å². The van der Waals surface area contributed by atoms with Crippen LogP contribution in [0.1, 0.15) is 37.8 Å². The molecule has 0 aliphatic rings. The minimum atomic E-state index is -4.16. The minimum absolute atomic E-state index is 0.00483. The monoisotopic (exact) mass is 608 g/mol. The quantitative estimate of drug-likeness (QED) is 0.170. The van der Waals surface area contributed by atoms with Crippen LogP contribution in [0.3, 0.4) is 0 Å². The number of hydrogen-bond donors (Lipinski definition) is 2. The Morgan fingerprint density at radius 2 is 1.19 bits per heavy atom. The van der Waals surface area contributed by atoms with E-state index in [2.05, 4.69) is 10.6 Å².